The van der Waals surface area contributed by atoms with E-state index in [2.05, 4.69) is 24.9 Å². The van der Waals surface area contributed by atoms with Gasteiger partial charge in [-0.15, -0.1) is 0 Å². The number of hydrogen-bond acceptors (Lipinski definition) is 7. The Balaban J connectivity index is 2.99. The number of rotatable bonds is 15. The van der Waals surface area contributed by atoms with E-state index in [4.69, 9.17) is 10.2 Å². The molecule has 0 spiro atoms. The van der Waals surface area contributed by atoms with Gasteiger partial charge in [-0.3, -0.25) is 4.79 Å². The zero-order valence-electron chi connectivity index (χ0n) is 11.8. The highest BCUT2D eigenvalue weighted by atomic mass is 17.8. The van der Waals surface area contributed by atoms with Crippen molar-refractivity contribution in [3.63, 3.8) is 0 Å². The van der Waals surface area contributed by atoms with Crippen LogP contribution in [0.3, 0.4) is 0 Å². The monoisotopic (exact) mass is 310 g/mol. The van der Waals surface area contributed by atoms with Crippen molar-refractivity contribution >= 4 is 12.1 Å². The fourth-order valence-electron chi connectivity index (χ4n) is 1.61. The summed E-state index contributed by atoms with van der Waals surface area (Å²) in [6.07, 6.45) is 6.33. The van der Waals surface area contributed by atoms with Crippen LogP contribution in [0.5, 0.6) is 0 Å². The first-order chi connectivity index (χ1) is 10.1. The topological polar surface area (TPSA) is 121 Å². The molecular formula is C12H22O9. The van der Waals surface area contributed by atoms with Crippen molar-refractivity contribution < 1.29 is 44.7 Å². The van der Waals surface area contributed by atoms with Crippen molar-refractivity contribution in [3.05, 3.63) is 0 Å². The maximum Gasteiger partial charge on any atom is 0.540 e. The minimum atomic E-state index is -1.67. The fraction of sp³-hybridized carbons (Fsp3) is 0.833. The molecule has 0 aromatic heterocycles. The summed E-state index contributed by atoms with van der Waals surface area (Å²) in [5, 5.41) is 27.8. The Morgan fingerprint density at radius 2 is 1.29 bits per heavy atom. The fourth-order valence-corrected chi connectivity index (χ4v) is 1.61. The summed E-state index contributed by atoms with van der Waals surface area (Å²) in [5.74, 6) is -0.735. The lowest BCUT2D eigenvalue weighted by molar-refractivity contribution is -0.698. The van der Waals surface area contributed by atoms with Crippen LogP contribution in [-0.2, 0) is 29.7 Å². The summed E-state index contributed by atoms with van der Waals surface area (Å²) in [6, 6.07) is 0. The summed E-state index contributed by atoms with van der Waals surface area (Å²) in [4.78, 5) is 28.1. The highest BCUT2D eigenvalue weighted by molar-refractivity contribution is 5.66. The average molecular weight is 310 g/mol. The van der Waals surface area contributed by atoms with Crippen molar-refractivity contribution in [2.24, 2.45) is 0 Å². The summed E-state index contributed by atoms with van der Waals surface area (Å²) in [6.45, 7) is 0.287. The van der Waals surface area contributed by atoms with Crippen LogP contribution in [0.25, 0.3) is 0 Å². The van der Waals surface area contributed by atoms with Gasteiger partial charge in [0.05, 0.1) is 6.61 Å². The molecule has 0 rings (SSSR count). The molecule has 2 N–H and O–H groups in total. The second-order valence-corrected chi connectivity index (χ2v) is 4.35. The molecular weight excluding hydrogens is 288 g/mol. The van der Waals surface area contributed by atoms with Crippen LogP contribution in [0.1, 0.15) is 57.8 Å². The van der Waals surface area contributed by atoms with Gasteiger partial charge in [-0.05, 0) is 17.9 Å². The molecule has 21 heavy (non-hydrogen) atoms. The second kappa shape index (κ2) is 15.0. The molecule has 0 aromatic carbocycles. The predicted molar refractivity (Wildman–Crippen MR) is 67.5 cm³/mol. The smallest absolute Gasteiger partial charge is 0.481 e. The Hall–Kier alpha value is -1.42. The van der Waals surface area contributed by atoms with Gasteiger partial charge in [-0.2, -0.15) is 0 Å². The Labute approximate surface area is 122 Å². The number of carboxylic acid groups (broad SMARTS) is 2. The summed E-state index contributed by atoms with van der Waals surface area (Å²) >= 11 is 0. The average Bonchev–Trinajstić information content (AvgIpc) is 2.42. The number of aliphatic carboxylic acids is 1. The number of carboxylic acids is 1. The molecule has 0 saturated carbocycles. The van der Waals surface area contributed by atoms with E-state index in [-0.39, 0.29) is 13.0 Å². The molecule has 9 nitrogen and oxygen atoms in total. The van der Waals surface area contributed by atoms with Gasteiger partial charge >= 0.3 is 12.1 Å². The Kier molecular flexibility index (Phi) is 14.0. The van der Waals surface area contributed by atoms with Crippen LogP contribution < -0.4 is 0 Å². The van der Waals surface area contributed by atoms with E-state index in [0.717, 1.165) is 51.4 Å². The predicted octanol–water partition coefficient (Wildman–Crippen LogP) is 3.00. The molecule has 0 radical (unpaired) electrons. The number of carbonyl (C=O) groups is 2. The third-order valence-corrected chi connectivity index (χ3v) is 2.58. The largest absolute Gasteiger partial charge is 0.540 e. The molecule has 0 unspecified atom stereocenters. The van der Waals surface area contributed by atoms with E-state index in [1.165, 1.54) is 0 Å². The van der Waals surface area contributed by atoms with Gasteiger partial charge in [-0.1, -0.05) is 38.5 Å². The van der Waals surface area contributed by atoms with Crippen LogP contribution in [0.15, 0.2) is 0 Å². The zero-order valence-corrected chi connectivity index (χ0v) is 11.8. The van der Waals surface area contributed by atoms with Crippen LogP contribution >= 0.6 is 0 Å². The first-order valence-electron chi connectivity index (χ1n) is 6.87. The lowest BCUT2D eigenvalue weighted by atomic mass is 10.1. The van der Waals surface area contributed by atoms with Gasteiger partial charge in [0.25, 0.3) is 0 Å². The highest BCUT2D eigenvalue weighted by Gasteiger charge is 1.99. The molecule has 0 aliphatic heterocycles. The quantitative estimate of drug-likeness (QED) is 0.267. The van der Waals surface area contributed by atoms with Gasteiger partial charge in [0.2, 0.25) is 0 Å². The molecule has 0 heterocycles. The molecule has 0 aliphatic rings. The number of unbranched alkanes of at least 4 members (excludes halogenated alkanes) is 7. The van der Waals surface area contributed by atoms with Gasteiger partial charge in [0, 0.05) is 16.5 Å². The zero-order chi connectivity index (χ0) is 15.8. The SMILES string of the molecule is O=C(O)CCCCCCCCCCOOOOOC(=O)O. The van der Waals surface area contributed by atoms with E-state index in [0.29, 0.717) is 0 Å². The molecule has 0 atom stereocenters. The summed E-state index contributed by atoms with van der Waals surface area (Å²) < 4.78 is 0. The van der Waals surface area contributed by atoms with Crippen molar-refractivity contribution in [2.75, 3.05) is 6.61 Å². The lowest BCUT2D eigenvalue weighted by Gasteiger charge is -2.02. The van der Waals surface area contributed by atoms with Gasteiger partial charge in [-0.25, -0.2) is 14.6 Å². The van der Waals surface area contributed by atoms with E-state index in [1.54, 1.807) is 0 Å². The van der Waals surface area contributed by atoms with Gasteiger partial charge < -0.3 is 10.2 Å². The highest BCUT2D eigenvalue weighted by Crippen LogP contribution is 2.09. The minimum absolute atomic E-state index is 0.251. The minimum Gasteiger partial charge on any atom is -0.481 e. The standard InChI is InChI=1S/C12H22O9/c13-11(14)9-7-5-3-1-2-4-6-8-10-17-19-21-20-18-12(15)16/h1-10H2,(H,13,14)(H,15,16). The Morgan fingerprint density at radius 1 is 0.714 bits per heavy atom. The van der Waals surface area contributed by atoms with Crippen molar-refractivity contribution in [1.82, 2.24) is 0 Å². The molecule has 0 bridgehead atoms. The maximum atomic E-state index is 10.3. The Morgan fingerprint density at radius 3 is 1.86 bits per heavy atom. The van der Waals surface area contributed by atoms with Crippen molar-refractivity contribution in [3.8, 4) is 0 Å². The summed E-state index contributed by atoms with van der Waals surface area (Å²) in [7, 11) is 0. The van der Waals surface area contributed by atoms with E-state index in [9.17, 15) is 9.59 Å². The van der Waals surface area contributed by atoms with Gasteiger partial charge in [0.1, 0.15) is 0 Å². The normalized spacial score (nSPS) is 10.5. The third kappa shape index (κ3) is 18.6. The van der Waals surface area contributed by atoms with E-state index < -0.39 is 12.1 Å². The lowest BCUT2D eigenvalue weighted by Crippen LogP contribution is -2.04. The van der Waals surface area contributed by atoms with Crippen LogP contribution in [0.4, 0.5) is 4.79 Å². The first kappa shape index (κ1) is 19.6. The Bertz CT molecular complexity index is 243. The molecule has 0 saturated heterocycles. The molecule has 0 aromatic rings. The second-order valence-electron chi connectivity index (χ2n) is 4.35. The van der Waals surface area contributed by atoms with Crippen molar-refractivity contribution in [1.29, 1.82) is 0 Å². The van der Waals surface area contributed by atoms with Crippen LogP contribution in [0.2, 0.25) is 0 Å². The molecule has 0 amide bonds. The number of hydrogen-bond donors (Lipinski definition) is 2. The molecule has 9 heteroatoms. The first-order valence-corrected chi connectivity index (χ1v) is 6.87. The molecule has 0 fully saturated rings. The van der Waals surface area contributed by atoms with Gasteiger partial charge in [0.15, 0.2) is 0 Å². The van der Waals surface area contributed by atoms with Crippen LogP contribution in [0, 0.1) is 0 Å². The van der Waals surface area contributed by atoms with E-state index >= 15 is 0 Å². The van der Waals surface area contributed by atoms with Crippen molar-refractivity contribution in [2.45, 2.75) is 57.8 Å². The summed E-state index contributed by atoms with van der Waals surface area (Å²) in [5.41, 5.74) is 0. The van der Waals surface area contributed by atoms with Crippen LogP contribution in [-0.4, -0.2) is 28.9 Å². The maximum absolute atomic E-state index is 10.3. The molecule has 124 valence electrons. The third-order valence-electron chi connectivity index (χ3n) is 2.58. The molecule has 0 aliphatic carbocycles. The van der Waals surface area contributed by atoms with E-state index in [1.807, 2.05) is 0 Å².